The lowest BCUT2D eigenvalue weighted by Crippen LogP contribution is -2.49. The highest BCUT2D eigenvalue weighted by molar-refractivity contribution is 5.70. The van der Waals surface area contributed by atoms with Gasteiger partial charge in [-0.1, -0.05) is 24.3 Å². The first-order valence-electron chi connectivity index (χ1n) is 5.33. The molecule has 1 saturated heterocycles. The highest BCUT2D eigenvalue weighted by Crippen LogP contribution is 2.13. The molecule has 0 aliphatic carbocycles. The summed E-state index contributed by atoms with van der Waals surface area (Å²) in [7, 11) is 0. The maximum absolute atomic E-state index is 10.5. The standard InChI is InChI=1S/C12H15NO3/c14-11-7-13(8-11)6-10-3-1-9(2-4-10)5-12(15)16/h1-4,11,14H,5-8H2,(H,15,16). The highest BCUT2D eigenvalue weighted by atomic mass is 16.4. The molecule has 0 amide bonds. The third kappa shape index (κ3) is 2.81. The molecule has 1 heterocycles. The SMILES string of the molecule is O=C(O)Cc1ccc(CN2CC(O)C2)cc1. The summed E-state index contributed by atoms with van der Waals surface area (Å²) in [6, 6.07) is 7.59. The van der Waals surface area contributed by atoms with Crippen molar-refractivity contribution in [3.8, 4) is 0 Å². The van der Waals surface area contributed by atoms with Crippen LogP contribution in [-0.2, 0) is 17.8 Å². The monoisotopic (exact) mass is 221 g/mol. The van der Waals surface area contributed by atoms with E-state index in [1.807, 2.05) is 24.3 Å². The fourth-order valence-electron chi connectivity index (χ4n) is 1.87. The number of carbonyl (C=O) groups is 1. The van der Waals surface area contributed by atoms with E-state index in [4.69, 9.17) is 10.2 Å². The summed E-state index contributed by atoms with van der Waals surface area (Å²) in [5.74, 6) is -0.807. The molecular formula is C12H15NO3. The summed E-state index contributed by atoms with van der Waals surface area (Å²) in [4.78, 5) is 12.6. The van der Waals surface area contributed by atoms with Crippen LogP contribution in [0.15, 0.2) is 24.3 Å². The molecule has 0 saturated carbocycles. The molecule has 1 aromatic rings. The number of likely N-dealkylation sites (tertiary alicyclic amines) is 1. The van der Waals surface area contributed by atoms with Gasteiger partial charge in [0.25, 0.3) is 0 Å². The highest BCUT2D eigenvalue weighted by Gasteiger charge is 2.23. The van der Waals surface area contributed by atoms with E-state index in [-0.39, 0.29) is 12.5 Å². The van der Waals surface area contributed by atoms with Crippen molar-refractivity contribution in [2.45, 2.75) is 19.1 Å². The van der Waals surface area contributed by atoms with Crippen LogP contribution in [0.1, 0.15) is 11.1 Å². The van der Waals surface area contributed by atoms with Crippen LogP contribution in [0.3, 0.4) is 0 Å². The Kier molecular flexibility index (Phi) is 3.22. The molecule has 2 N–H and O–H groups in total. The van der Waals surface area contributed by atoms with Crippen LogP contribution in [-0.4, -0.2) is 40.3 Å². The van der Waals surface area contributed by atoms with E-state index in [1.54, 1.807) is 0 Å². The molecule has 16 heavy (non-hydrogen) atoms. The van der Waals surface area contributed by atoms with Crippen LogP contribution in [0.2, 0.25) is 0 Å². The third-order valence-electron chi connectivity index (χ3n) is 2.72. The van der Waals surface area contributed by atoms with Gasteiger partial charge >= 0.3 is 5.97 Å². The van der Waals surface area contributed by atoms with Crippen molar-refractivity contribution < 1.29 is 15.0 Å². The van der Waals surface area contributed by atoms with Gasteiger partial charge in [-0.2, -0.15) is 0 Å². The lowest BCUT2D eigenvalue weighted by atomic mass is 10.1. The molecule has 0 spiro atoms. The third-order valence-corrected chi connectivity index (χ3v) is 2.72. The van der Waals surface area contributed by atoms with E-state index in [0.717, 1.165) is 30.8 Å². The number of hydrogen-bond donors (Lipinski definition) is 2. The molecule has 0 unspecified atom stereocenters. The van der Waals surface area contributed by atoms with Crippen molar-refractivity contribution in [1.82, 2.24) is 4.90 Å². The molecule has 1 aromatic carbocycles. The van der Waals surface area contributed by atoms with Crippen LogP contribution in [0.25, 0.3) is 0 Å². The van der Waals surface area contributed by atoms with Gasteiger partial charge in [0.05, 0.1) is 12.5 Å². The van der Waals surface area contributed by atoms with Crippen molar-refractivity contribution in [2.75, 3.05) is 13.1 Å². The summed E-state index contributed by atoms with van der Waals surface area (Å²) in [5.41, 5.74) is 1.97. The average molecular weight is 221 g/mol. The minimum atomic E-state index is -0.807. The first-order valence-corrected chi connectivity index (χ1v) is 5.33. The number of aliphatic hydroxyl groups excluding tert-OH is 1. The van der Waals surface area contributed by atoms with Gasteiger partial charge in [0.2, 0.25) is 0 Å². The lowest BCUT2D eigenvalue weighted by molar-refractivity contribution is -0.136. The van der Waals surface area contributed by atoms with Gasteiger partial charge in [0.1, 0.15) is 0 Å². The Morgan fingerprint density at radius 1 is 1.25 bits per heavy atom. The van der Waals surface area contributed by atoms with Gasteiger partial charge in [-0.3, -0.25) is 9.69 Å². The molecule has 0 radical (unpaired) electrons. The zero-order valence-corrected chi connectivity index (χ0v) is 8.97. The van der Waals surface area contributed by atoms with Crippen LogP contribution < -0.4 is 0 Å². The van der Waals surface area contributed by atoms with Crippen molar-refractivity contribution in [1.29, 1.82) is 0 Å². The maximum atomic E-state index is 10.5. The number of nitrogens with zero attached hydrogens (tertiary/aromatic N) is 1. The lowest BCUT2D eigenvalue weighted by Gasteiger charge is -2.35. The second kappa shape index (κ2) is 4.63. The Labute approximate surface area is 94.1 Å². The zero-order valence-electron chi connectivity index (χ0n) is 8.97. The van der Waals surface area contributed by atoms with Gasteiger partial charge in [-0.25, -0.2) is 0 Å². The minimum Gasteiger partial charge on any atom is -0.481 e. The van der Waals surface area contributed by atoms with Crippen LogP contribution in [0, 0.1) is 0 Å². The predicted octanol–water partition coefficient (Wildman–Crippen LogP) is 0.490. The Balaban J connectivity index is 1.89. The van der Waals surface area contributed by atoms with Gasteiger partial charge in [0.15, 0.2) is 0 Å². The second-order valence-corrected chi connectivity index (χ2v) is 4.23. The number of aliphatic carboxylic acids is 1. The summed E-state index contributed by atoms with van der Waals surface area (Å²) < 4.78 is 0. The number of β-amino-alcohol motifs (C(OH)–C–C–N with tert-alkyl or cyclic N) is 1. The van der Waals surface area contributed by atoms with Gasteiger partial charge in [-0.05, 0) is 11.1 Å². The fraction of sp³-hybridized carbons (Fsp3) is 0.417. The number of benzene rings is 1. The van der Waals surface area contributed by atoms with E-state index in [9.17, 15) is 4.79 Å². The number of hydrogen-bond acceptors (Lipinski definition) is 3. The molecule has 2 rings (SSSR count). The van der Waals surface area contributed by atoms with Crippen molar-refractivity contribution in [3.05, 3.63) is 35.4 Å². The molecule has 0 aromatic heterocycles. The van der Waals surface area contributed by atoms with Gasteiger partial charge in [-0.15, -0.1) is 0 Å². The Hall–Kier alpha value is -1.39. The zero-order chi connectivity index (χ0) is 11.5. The molecule has 1 aliphatic heterocycles. The molecule has 1 fully saturated rings. The van der Waals surface area contributed by atoms with Crippen molar-refractivity contribution in [3.63, 3.8) is 0 Å². The number of carboxylic acids is 1. The Morgan fingerprint density at radius 2 is 1.81 bits per heavy atom. The fourth-order valence-corrected chi connectivity index (χ4v) is 1.87. The smallest absolute Gasteiger partial charge is 0.307 e. The normalized spacial score (nSPS) is 17.1. The van der Waals surface area contributed by atoms with Crippen LogP contribution in [0.4, 0.5) is 0 Å². The number of aliphatic hydroxyl groups is 1. The quantitative estimate of drug-likeness (QED) is 0.776. The minimum absolute atomic E-state index is 0.0721. The predicted molar refractivity (Wildman–Crippen MR) is 59.1 cm³/mol. The molecular weight excluding hydrogens is 206 g/mol. The van der Waals surface area contributed by atoms with Crippen LogP contribution in [0.5, 0.6) is 0 Å². The van der Waals surface area contributed by atoms with E-state index in [1.165, 1.54) is 0 Å². The van der Waals surface area contributed by atoms with Gasteiger partial charge < -0.3 is 10.2 Å². The second-order valence-electron chi connectivity index (χ2n) is 4.23. The first-order chi connectivity index (χ1) is 7.63. The molecule has 4 nitrogen and oxygen atoms in total. The van der Waals surface area contributed by atoms with E-state index in [0.29, 0.717) is 0 Å². The number of rotatable bonds is 4. The topological polar surface area (TPSA) is 60.8 Å². The summed E-state index contributed by atoms with van der Waals surface area (Å²) in [6.45, 7) is 2.29. The van der Waals surface area contributed by atoms with Crippen molar-refractivity contribution >= 4 is 5.97 Å². The van der Waals surface area contributed by atoms with E-state index in [2.05, 4.69) is 4.90 Å². The average Bonchev–Trinajstić information content (AvgIpc) is 2.18. The van der Waals surface area contributed by atoms with E-state index < -0.39 is 5.97 Å². The van der Waals surface area contributed by atoms with Crippen LogP contribution >= 0.6 is 0 Å². The van der Waals surface area contributed by atoms with Gasteiger partial charge in [0, 0.05) is 19.6 Å². The molecule has 4 heteroatoms. The van der Waals surface area contributed by atoms with Crippen molar-refractivity contribution in [2.24, 2.45) is 0 Å². The maximum Gasteiger partial charge on any atom is 0.307 e. The van der Waals surface area contributed by atoms with E-state index >= 15 is 0 Å². The largest absolute Gasteiger partial charge is 0.481 e. The molecule has 0 bridgehead atoms. The molecule has 86 valence electrons. The molecule has 1 aliphatic rings. The first kappa shape index (κ1) is 11.1. The Bertz CT molecular complexity index is 368. The summed E-state index contributed by atoms with van der Waals surface area (Å²) in [5, 5.41) is 17.8. The number of carboxylic acid groups (broad SMARTS) is 1. The summed E-state index contributed by atoms with van der Waals surface area (Å²) >= 11 is 0. The Morgan fingerprint density at radius 3 is 2.31 bits per heavy atom. The molecule has 0 atom stereocenters. The summed E-state index contributed by atoms with van der Waals surface area (Å²) in [6.07, 6.45) is -0.103.